The van der Waals surface area contributed by atoms with Gasteiger partial charge in [0.25, 0.3) is 0 Å². The molecule has 0 atom stereocenters. The molecule has 2 saturated carbocycles. The third kappa shape index (κ3) is 2.82. The molecular formula is C24H28N4. The molecular weight excluding hydrogens is 344 g/mol. The van der Waals surface area contributed by atoms with Crippen LogP contribution in [0, 0.1) is 5.41 Å². The number of fused-ring (bicyclic) bond motifs is 1. The molecule has 0 amide bonds. The second-order valence-corrected chi connectivity index (χ2v) is 9.35. The summed E-state index contributed by atoms with van der Waals surface area (Å²) < 4.78 is 0. The van der Waals surface area contributed by atoms with E-state index in [0.29, 0.717) is 10.8 Å². The van der Waals surface area contributed by atoms with Crippen molar-refractivity contribution in [1.82, 2.24) is 14.9 Å². The number of nitrogens with zero attached hydrogens (tertiary/aromatic N) is 3. The third-order valence-electron chi connectivity index (χ3n) is 7.27. The van der Waals surface area contributed by atoms with Crippen molar-refractivity contribution in [3.63, 3.8) is 0 Å². The van der Waals surface area contributed by atoms with Gasteiger partial charge in [-0.3, -0.25) is 0 Å². The molecule has 1 saturated heterocycles. The second kappa shape index (κ2) is 6.08. The van der Waals surface area contributed by atoms with Gasteiger partial charge in [0.15, 0.2) is 0 Å². The number of pyridine rings is 1. The molecule has 1 aromatic carbocycles. The first kappa shape index (κ1) is 16.6. The van der Waals surface area contributed by atoms with Crippen molar-refractivity contribution in [3.8, 4) is 0 Å². The number of H-pyrrole nitrogens is 1. The fraction of sp³-hybridized carbons (Fsp3) is 0.458. The van der Waals surface area contributed by atoms with Gasteiger partial charge in [-0.1, -0.05) is 30.3 Å². The number of rotatable bonds is 4. The van der Waals surface area contributed by atoms with Crippen molar-refractivity contribution < 1.29 is 0 Å². The predicted molar refractivity (Wildman–Crippen MR) is 114 cm³/mol. The van der Waals surface area contributed by atoms with Crippen LogP contribution in [0.2, 0.25) is 0 Å². The van der Waals surface area contributed by atoms with Crippen LogP contribution in [0.15, 0.2) is 54.9 Å². The van der Waals surface area contributed by atoms with Gasteiger partial charge in [-0.15, -0.1) is 0 Å². The molecule has 6 rings (SSSR count). The molecule has 3 aliphatic rings. The van der Waals surface area contributed by atoms with Gasteiger partial charge in [0.05, 0.1) is 0 Å². The van der Waals surface area contributed by atoms with E-state index in [1.165, 1.54) is 56.4 Å². The van der Waals surface area contributed by atoms with Crippen LogP contribution in [0.5, 0.6) is 0 Å². The second-order valence-electron chi connectivity index (χ2n) is 9.35. The Morgan fingerprint density at radius 1 is 0.929 bits per heavy atom. The molecule has 4 heteroatoms. The van der Waals surface area contributed by atoms with Gasteiger partial charge in [-0.25, -0.2) is 4.98 Å². The minimum atomic E-state index is 0.414. The van der Waals surface area contributed by atoms with Crippen molar-refractivity contribution in [2.24, 2.45) is 5.41 Å². The van der Waals surface area contributed by atoms with Crippen LogP contribution in [0.3, 0.4) is 0 Å². The predicted octanol–water partition coefficient (Wildman–Crippen LogP) is 4.20. The number of aromatic nitrogens is 2. The zero-order valence-corrected chi connectivity index (χ0v) is 16.4. The van der Waals surface area contributed by atoms with Crippen molar-refractivity contribution in [2.45, 2.75) is 31.1 Å². The van der Waals surface area contributed by atoms with Gasteiger partial charge < -0.3 is 14.8 Å². The average Bonchev–Trinajstić information content (AvgIpc) is 3.64. The lowest BCUT2D eigenvalue weighted by Gasteiger charge is -2.28. The molecule has 0 radical (unpaired) electrons. The monoisotopic (exact) mass is 372 g/mol. The summed E-state index contributed by atoms with van der Waals surface area (Å²) in [6, 6.07) is 15.6. The third-order valence-corrected chi connectivity index (χ3v) is 7.27. The number of nitrogens with one attached hydrogen (secondary N) is 1. The van der Waals surface area contributed by atoms with Crippen molar-refractivity contribution in [2.75, 3.05) is 37.6 Å². The zero-order chi connectivity index (χ0) is 18.6. The van der Waals surface area contributed by atoms with E-state index in [9.17, 15) is 0 Å². The van der Waals surface area contributed by atoms with Crippen molar-refractivity contribution in [3.05, 3.63) is 60.4 Å². The molecule has 2 aromatic heterocycles. The molecule has 1 N–H and O–H groups in total. The highest BCUT2D eigenvalue weighted by molar-refractivity contribution is 5.89. The molecule has 3 fully saturated rings. The summed E-state index contributed by atoms with van der Waals surface area (Å²) in [6.45, 7) is 5.94. The van der Waals surface area contributed by atoms with Gasteiger partial charge >= 0.3 is 0 Å². The van der Waals surface area contributed by atoms with Crippen LogP contribution in [-0.4, -0.2) is 47.6 Å². The van der Waals surface area contributed by atoms with Crippen LogP contribution in [0.4, 0.5) is 5.69 Å². The summed E-state index contributed by atoms with van der Waals surface area (Å²) in [4.78, 5) is 13.2. The lowest BCUT2D eigenvalue weighted by Crippen LogP contribution is -2.37. The first-order chi connectivity index (χ1) is 13.8. The van der Waals surface area contributed by atoms with E-state index < -0.39 is 0 Å². The first-order valence-electron chi connectivity index (χ1n) is 10.7. The quantitative estimate of drug-likeness (QED) is 0.746. The minimum Gasteiger partial charge on any atom is -0.369 e. The van der Waals surface area contributed by atoms with Gasteiger partial charge in [-0.05, 0) is 43.4 Å². The number of benzene rings is 1. The Bertz CT molecular complexity index is 984. The fourth-order valence-corrected chi connectivity index (χ4v) is 5.31. The van der Waals surface area contributed by atoms with Crippen LogP contribution >= 0.6 is 0 Å². The lowest BCUT2D eigenvalue weighted by atomic mass is 9.94. The van der Waals surface area contributed by atoms with E-state index in [1.54, 1.807) is 5.56 Å². The van der Waals surface area contributed by atoms with E-state index in [0.717, 1.165) is 18.7 Å². The van der Waals surface area contributed by atoms with Crippen molar-refractivity contribution in [1.29, 1.82) is 0 Å². The Kier molecular flexibility index (Phi) is 3.61. The highest BCUT2D eigenvalue weighted by atomic mass is 15.3. The zero-order valence-electron chi connectivity index (χ0n) is 16.4. The standard InChI is InChI=1S/C24H28N4/c1-2-4-19(5-3-1)24(10-11-24)18-27-14-15-28(17-23(16-27)8-9-23)21-7-13-26-22-20(21)6-12-25-22/h1-7,12-13H,8-11,14-18H2,(H,25,26). The van der Waals surface area contributed by atoms with Gasteiger partial charge in [0.2, 0.25) is 0 Å². The Hall–Kier alpha value is -2.33. The van der Waals surface area contributed by atoms with E-state index in [-0.39, 0.29) is 0 Å². The molecule has 2 aliphatic carbocycles. The number of hydrogen-bond acceptors (Lipinski definition) is 3. The van der Waals surface area contributed by atoms with Gasteiger partial charge in [0.1, 0.15) is 5.65 Å². The van der Waals surface area contributed by atoms with Gasteiger partial charge in [0, 0.05) is 67.0 Å². The Balaban J connectivity index is 1.25. The maximum atomic E-state index is 4.48. The fourth-order valence-electron chi connectivity index (χ4n) is 5.31. The van der Waals surface area contributed by atoms with Crippen LogP contribution < -0.4 is 4.90 Å². The molecule has 3 aromatic rings. The molecule has 0 unspecified atom stereocenters. The highest BCUT2D eigenvalue weighted by Crippen LogP contribution is 2.52. The average molecular weight is 373 g/mol. The summed E-state index contributed by atoms with van der Waals surface area (Å²) in [5.74, 6) is 0. The maximum Gasteiger partial charge on any atom is 0.139 e. The number of hydrogen-bond donors (Lipinski definition) is 1. The molecule has 1 aliphatic heterocycles. The van der Waals surface area contributed by atoms with E-state index in [2.05, 4.69) is 62.2 Å². The van der Waals surface area contributed by atoms with E-state index >= 15 is 0 Å². The normalized spacial score (nSPS) is 23.1. The summed E-state index contributed by atoms with van der Waals surface area (Å²) >= 11 is 0. The largest absolute Gasteiger partial charge is 0.369 e. The Morgan fingerprint density at radius 3 is 2.57 bits per heavy atom. The molecule has 4 nitrogen and oxygen atoms in total. The van der Waals surface area contributed by atoms with E-state index in [4.69, 9.17) is 0 Å². The maximum absolute atomic E-state index is 4.48. The Labute approximate surface area is 166 Å². The topological polar surface area (TPSA) is 35.2 Å². The van der Waals surface area contributed by atoms with Crippen LogP contribution in [-0.2, 0) is 5.41 Å². The molecule has 1 spiro atoms. The molecule has 144 valence electrons. The highest BCUT2D eigenvalue weighted by Gasteiger charge is 2.50. The molecule has 28 heavy (non-hydrogen) atoms. The Morgan fingerprint density at radius 2 is 1.79 bits per heavy atom. The molecule has 3 heterocycles. The van der Waals surface area contributed by atoms with E-state index in [1.807, 2.05) is 12.4 Å². The van der Waals surface area contributed by atoms with Gasteiger partial charge in [-0.2, -0.15) is 0 Å². The summed E-state index contributed by atoms with van der Waals surface area (Å²) in [5, 5.41) is 1.26. The SMILES string of the molecule is c1ccc(C2(CN3CCN(c4ccnc5[nH]ccc45)CC4(CC4)C3)CC2)cc1. The number of anilines is 1. The summed E-state index contributed by atoms with van der Waals surface area (Å²) in [7, 11) is 0. The number of aromatic amines is 1. The molecule has 0 bridgehead atoms. The first-order valence-corrected chi connectivity index (χ1v) is 10.7. The lowest BCUT2D eigenvalue weighted by molar-refractivity contribution is 0.227. The van der Waals surface area contributed by atoms with Crippen molar-refractivity contribution >= 4 is 16.7 Å². The summed E-state index contributed by atoms with van der Waals surface area (Å²) in [6.07, 6.45) is 9.40. The minimum absolute atomic E-state index is 0.414. The van der Waals surface area contributed by atoms with Crippen LogP contribution in [0.25, 0.3) is 11.0 Å². The van der Waals surface area contributed by atoms with Crippen LogP contribution in [0.1, 0.15) is 31.2 Å². The smallest absolute Gasteiger partial charge is 0.139 e. The summed E-state index contributed by atoms with van der Waals surface area (Å²) in [5.41, 5.74) is 4.81.